The molecule has 5 nitrogen and oxygen atoms in total. The maximum atomic E-state index is 11.4. The first kappa shape index (κ1) is 17.5. The Morgan fingerprint density at radius 2 is 1.67 bits per heavy atom. The summed E-state index contributed by atoms with van der Waals surface area (Å²) in [6.45, 7) is 3.08. The van der Waals surface area contributed by atoms with Gasteiger partial charge in [-0.25, -0.2) is 0 Å². The van der Waals surface area contributed by atoms with Crippen LogP contribution in [0.25, 0.3) is 0 Å². The Bertz CT molecular complexity index is 882. The molecular formula is C22H23N3O2. The van der Waals surface area contributed by atoms with Crippen LogP contribution < -0.4 is 0 Å². The molecule has 27 heavy (non-hydrogen) atoms. The highest BCUT2D eigenvalue weighted by molar-refractivity contribution is 5.73. The quantitative estimate of drug-likeness (QED) is 0.731. The summed E-state index contributed by atoms with van der Waals surface area (Å²) in [5.41, 5.74) is 5.61. The van der Waals surface area contributed by atoms with Crippen LogP contribution in [0.4, 0.5) is 0 Å². The minimum Gasteiger partial charge on any atom is -0.480 e. The van der Waals surface area contributed by atoms with Crippen molar-refractivity contribution in [1.82, 2.24) is 15.1 Å². The average molecular weight is 361 g/mol. The Kier molecular flexibility index (Phi) is 4.77. The van der Waals surface area contributed by atoms with Crippen LogP contribution in [0.3, 0.4) is 0 Å². The highest BCUT2D eigenvalue weighted by Gasteiger charge is 2.31. The van der Waals surface area contributed by atoms with E-state index in [4.69, 9.17) is 5.10 Å². The van der Waals surface area contributed by atoms with E-state index >= 15 is 0 Å². The van der Waals surface area contributed by atoms with Gasteiger partial charge in [-0.05, 0) is 18.1 Å². The first-order valence-electron chi connectivity index (χ1n) is 9.28. The highest BCUT2D eigenvalue weighted by atomic mass is 16.4. The van der Waals surface area contributed by atoms with Crippen LogP contribution in [-0.4, -0.2) is 38.8 Å². The zero-order valence-electron chi connectivity index (χ0n) is 15.3. The van der Waals surface area contributed by atoms with E-state index in [9.17, 15) is 9.90 Å². The molecule has 0 aliphatic carbocycles. The molecule has 0 bridgehead atoms. The molecule has 1 aliphatic rings. The van der Waals surface area contributed by atoms with Crippen molar-refractivity contribution in [2.75, 3.05) is 6.54 Å². The van der Waals surface area contributed by atoms with Gasteiger partial charge >= 0.3 is 5.97 Å². The van der Waals surface area contributed by atoms with Crippen LogP contribution in [0.2, 0.25) is 0 Å². The number of H-pyrrole nitrogens is 1. The topological polar surface area (TPSA) is 69.2 Å². The van der Waals surface area contributed by atoms with Crippen LogP contribution in [0.15, 0.2) is 60.7 Å². The number of nitrogens with one attached hydrogen (secondary N) is 1. The Balaban J connectivity index is 1.77. The Hall–Kier alpha value is -2.92. The normalized spacial score (nSPS) is 15.5. The molecule has 0 fully saturated rings. The van der Waals surface area contributed by atoms with Crippen molar-refractivity contribution in [1.29, 1.82) is 0 Å². The third kappa shape index (κ3) is 3.38. The summed E-state index contributed by atoms with van der Waals surface area (Å²) in [6, 6.07) is 20.2. The van der Waals surface area contributed by atoms with Gasteiger partial charge < -0.3 is 5.11 Å². The lowest BCUT2D eigenvalue weighted by Crippen LogP contribution is -2.42. The van der Waals surface area contributed by atoms with Crippen LogP contribution in [-0.2, 0) is 17.8 Å². The van der Waals surface area contributed by atoms with Crippen molar-refractivity contribution >= 4 is 5.97 Å². The van der Waals surface area contributed by atoms with E-state index in [-0.39, 0.29) is 5.92 Å². The first-order valence-corrected chi connectivity index (χ1v) is 9.28. The van der Waals surface area contributed by atoms with E-state index in [1.807, 2.05) is 41.3 Å². The van der Waals surface area contributed by atoms with E-state index in [2.05, 4.69) is 29.4 Å². The molecular weight excluding hydrogens is 338 g/mol. The molecule has 0 radical (unpaired) electrons. The maximum absolute atomic E-state index is 11.4. The zero-order valence-corrected chi connectivity index (χ0v) is 15.3. The second-order valence-electron chi connectivity index (χ2n) is 7.06. The lowest BCUT2D eigenvalue weighted by molar-refractivity contribution is -0.143. The fourth-order valence-electron chi connectivity index (χ4n) is 3.86. The summed E-state index contributed by atoms with van der Waals surface area (Å²) in [7, 11) is 0. The van der Waals surface area contributed by atoms with Crippen molar-refractivity contribution in [3.63, 3.8) is 0 Å². The number of aliphatic carboxylic acids is 1. The van der Waals surface area contributed by atoms with Crippen molar-refractivity contribution in [2.24, 2.45) is 0 Å². The summed E-state index contributed by atoms with van der Waals surface area (Å²) >= 11 is 0. The number of carboxylic acid groups (broad SMARTS) is 1. The molecule has 2 aromatic carbocycles. The number of benzene rings is 2. The molecule has 1 aliphatic heterocycles. The number of hydrogen-bond donors (Lipinski definition) is 2. The van der Waals surface area contributed by atoms with E-state index in [1.165, 1.54) is 11.1 Å². The van der Waals surface area contributed by atoms with Gasteiger partial charge in [-0.1, -0.05) is 60.7 Å². The van der Waals surface area contributed by atoms with Crippen LogP contribution in [0, 0.1) is 0 Å². The second kappa shape index (κ2) is 7.37. The number of aromatic nitrogens is 2. The van der Waals surface area contributed by atoms with E-state index in [0.29, 0.717) is 6.54 Å². The second-order valence-corrected chi connectivity index (χ2v) is 7.06. The van der Waals surface area contributed by atoms with Gasteiger partial charge in [0.15, 0.2) is 0 Å². The maximum Gasteiger partial charge on any atom is 0.320 e. The first-order chi connectivity index (χ1) is 13.1. The molecule has 1 aromatic heterocycles. The Morgan fingerprint density at radius 1 is 1.07 bits per heavy atom. The van der Waals surface area contributed by atoms with Crippen LogP contribution in [0.1, 0.15) is 40.9 Å². The van der Waals surface area contributed by atoms with Crippen molar-refractivity contribution in [2.45, 2.75) is 31.8 Å². The van der Waals surface area contributed by atoms with Crippen LogP contribution >= 0.6 is 0 Å². The molecule has 5 heteroatoms. The summed E-state index contributed by atoms with van der Waals surface area (Å²) < 4.78 is 0. The number of aromatic amines is 1. The number of carbonyl (C=O) groups is 1. The number of carboxylic acids is 1. The Morgan fingerprint density at radius 3 is 2.22 bits per heavy atom. The molecule has 1 atom stereocenters. The summed E-state index contributed by atoms with van der Waals surface area (Å²) in [5.74, 6) is -0.765. The predicted octanol–water partition coefficient (Wildman–Crippen LogP) is 3.42. The summed E-state index contributed by atoms with van der Waals surface area (Å²) in [6.07, 6.45) is 0.788. The minimum atomic E-state index is -0.786. The van der Waals surface area contributed by atoms with Crippen molar-refractivity contribution in [3.8, 4) is 0 Å². The predicted molar refractivity (Wildman–Crippen MR) is 104 cm³/mol. The Labute approximate surface area is 158 Å². The van der Waals surface area contributed by atoms with E-state index < -0.39 is 12.0 Å². The van der Waals surface area contributed by atoms with Crippen LogP contribution in [0.5, 0.6) is 0 Å². The average Bonchev–Trinajstić information content (AvgIpc) is 3.12. The molecule has 0 amide bonds. The molecule has 1 unspecified atom stereocenters. The van der Waals surface area contributed by atoms with Gasteiger partial charge in [0, 0.05) is 30.8 Å². The van der Waals surface area contributed by atoms with Gasteiger partial charge in [-0.2, -0.15) is 5.10 Å². The number of hydrogen-bond acceptors (Lipinski definition) is 3. The summed E-state index contributed by atoms with van der Waals surface area (Å²) in [4.78, 5) is 13.5. The van der Waals surface area contributed by atoms with Crippen molar-refractivity contribution in [3.05, 3.63) is 88.7 Å². The smallest absolute Gasteiger partial charge is 0.320 e. The van der Waals surface area contributed by atoms with Gasteiger partial charge in [0.25, 0.3) is 0 Å². The van der Waals surface area contributed by atoms with E-state index in [1.54, 1.807) is 6.92 Å². The number of rotatable bonds is 5. The van der Waals surface area contributed by atoms with E-state index in [0.717, 1.165) is 29.9 Å². The molecule has 3 aromatic rings. The largest absolute Gasteiger partial charge is 0.480 e. The SMILES string of the molecule is CC(C(=O)O)N1CCc2[nH]nc(C(c3ccccc3)c3ccccc3)c2C1. The molecule has 2 N–H and O–H groups in total. The molecule has 138 valence electrons. The van der Waals surface area contributed by atoms with Crippen molar-refractivity contribution < 1.29 is 9.90 Å². The fourth-order valence-corrected chi connectivity index (χ4v) is 3.86. The fraction of sp³-hybridized carbons (Fsp3) is 0.273. The van der Waals surface area contributed by atoms with Gasteiger partial charge in [0.2, 0.25) is 0 Å². The minimum absolute atomic E-state index is 0.0208. The van der Waals surface area contributed by atoms with Gasteiger partial charge in [0.05, 0.1) is 11.6 Å². The van der Waals surface area contributed by atoms with Gasteiger partial charge in [-0.15, -0.1) is 0 Å². The third-order valence-corrected chi connectivity index (χ3v) is 5.44. The number of fused-ring (bicyclic) bond motifs is 1. The highest BCUT2D eigenvalue weighted by Crippen LogP contribution is 2.35. The monoisotopic (exact) mass is 361 g/mol. The molecule has 0 saturated carbocycles. The molecule has 4 rings (SSSR count). The molecule has 0 spiro atoms. The van der Waals surface area contributed by atoms with Gasteiger partial charge in [0.1, 0.15) is 6.04 Å². The van der Waals surface area contributed by atoms with Gasteiger partial charge in [-0.3, -0.25) is 14.8 Å². The third-order valence-electron chi connectivity index (χ3n) is 5.44. The molecule has 0 saturated heterocycles. The summed E-state index contributed by atoms with van der Waals surface area (Å²) in [5, 5.41) is 17.3. The molecule has 2 heterocycles. The number of nitrogens with zero attached hydrogens (tertiary/aromatic N) is 2. The lowest BCUT2D eigenvalue weighted by atomic mass is 9.85. The lowest BCUT2D eigenvalue weighted by Gasteiger charge is -2.31. The standard InChI is InChI=1S/C22H23N3O2/c1-15(22(26)27)25-13-12-19-18(14-25)21(24-23-19)20(16-8-4-2-5-9-16)17-10-6-3-7-11-17/h2-11,15,20H,12-14H2,1H3,(H,23,24)(H,26,27). The zero-order chi connectivity index (χ0) is 18.8.